The van der Waals surface area contributed by atoms with Crippen molar-refractivity contribution in [1.82, 2.24) is 5.32 Å². The Morgan fingerprint density at radius 3 is 2.80 bits per heavy atom. The predicted octanol–water partition coefficient (Wildman–Crippen LogP) is 1.56. The third-order valence-electron chi connectivity index (χ3n) is 1.92. The van der Waals surface area contributed by atoms with Crippen LogP contribution in [0.2, 0.25) is 0 Å². The van der Waals surface area contributed by atoms with Crippen LogP contribution in [0.3, 0.4) is 0 Å². The van der Waals surface area contributed by atoms with E-state index in [1.807, 2.05) is 0 Å². The molecule has 1 fully saturated rings. The second kappa shape index (κ2) is 4.45. The van der Waals surface area contributed by atoms with Gasteiger partial charge in [-0.3, -0.25) is 0 Å². The summed E-state index contributed by atoms with van der Waals surface area (Å²) in [4.78, 5) is 0. The van der Waals surface area contributed by atoms with Crippen molar-refractivity contribution in [3.63, 3.8) is 0 Å². The summed E-state index contributed by atoms with van der Waals surface area (Å²) < 4.78 is 0. The van der Waals surface area contributed by atoms with Crippen molar-refractivity contribution in [1.29, 1.82) is 5.41 Å². The minimum atomic E-state index is 0.819. The van der Waals surface area contributed by atoms with Crippen molar-refractivity contribution in [2.75, 3.05) is 13.1 Å². The highest BCUT2D eigenvalue weighted by atomic mass is 14.9. The van der Waals surface area contributed by atoms with Crippen LogP contribution in [0.1, 0.15) is 32.1 Å². The van der Waals surface area contributed by atoms with Gasteiger partial charge in [0.15, 0.2) is 0 Å². The van der Waals surface area contributed by atoms with Gasteiger partial charge in [-0.2, -0.15) is 0 Å². The van der Waals surface area contributed by atoms with Gasteiger partial charge in [-0.25, -0.2) is 0 Å². The summed E-state index contributed by atoms with van der Waals surface area (Å²) in [5.74, 6) is 0. The molecule has 2 heteroatoms. The number of hydrogen-bond acceptors (Lipinski definition) is 2. The van der Waals surface area contributed by atoms with E-state index in [0.29, 0.717) is 0 Å². The molecule has 58 valence electrons. The number of hydrogen-bond donors (Lipinski definition) is 2. The van der Waals surface area contributed by atoms with Crippen molar-refractivity contribution in [3.05, 3.63) is 0 Å². The van der Waals surface area contributed by atoms with E-state index in [1.54, 1.807) is 0 Å². The van der Waals surface area contributed by atoms with Gasteiger partial charge in [-0.1, -0.05) is 12.8 Å². The Morgan fingerprint density at radius 2 is 1.90 bits per heavy atom. The highest BCUT2D eigenvalue weighted by Gasteiger charge is 1.99. The molecule has 0 amide bonds. The third kappa shape index (κ3) is 2.97. The van der Waals surface area contributed by atoms with Crippen molar-refractivity contribution in [3.8, 4) is 0 Å². The zero-order valence-corrected chi connectivity index (χ0v) is 6.45. The van der Waals surface area contributed by atoms with Crippen LogP contribution in [0.25, 0.3) is 0 Å². The van der Waals surface area contributed by atoms with Gasteiger partial charge in [0.05, 0.1) is 0 Å². The molecule has 2 nitrogen and oxygen atoms in total. The van der Waals surface area contributed by atoms with Crippen molar-refractivity contribution >= 4 is 5.71 Å². The molecule has 2 N–H and O–H groups in total. The molecule has 0 spiro atoms. The molecule has 10 heavy (non-hydrogen) atoms. The topological polar surface area (TPSA) is 35.9 Å². The third-order valence-corrected chi connectivity index (χ3v) is 1.92. The lowest BCUT2D eigenvalue weighted by Gasteiger charge is -2.00. The average Bonchev–Trinajstić information content (AvgIpc) is 2.02. The maximum Gasteiger partial charge on any atom is 0.0332 e. The molecule has 1 aliphatic heterocycles. The fraction of sp³-hybridized carbons (Fsp3) is 0.875. The Kier molecular flexibility index (Phi) is 3.44. The molecule has 0 bridgehead atoms. The molecule has 0 saturated carbocycles. The van der Waals surface area contributed by atoms with E-state index < -0.39 is 0 Å². The van der Waals surface area contributed by atoms with Crippen LogP contribution in [0.4, 0.5) is 0 Å². The molecule has 0 aromatic rings. The average molecular weight is 140 g/mol. The number of rotatable bonds is 0. The minimum Gasteiger partial charge on any atom is -0.311 e. The second-order valence-electron chi connectivity index (χ2n) is 2.94. The summed E-state index contributed by atoms with van der Waals surface area (Å²) in [6.45, 7) is 1.92. The molecule has 1 aliphatic rings. The molecule has 1 saturated heterocycles. The van der Waals surface area contributed by atoms with Gasteiger partial charge in [-0.05, 0) is 25.8 Å². The van der Waals surface area contributed by atoms with Crippen LogP contribution in [0, 0.1) is 5.41 Å². The highest BCUT2D eigenvalue weighted by molar-refractivity contribution is 5.83. The summed E-state index contributed by atoms with van der Waals surface area (Å²) in [5, 5.41) is 10.7. The highest BCUT2D eigenvalue weighted by Crippen LogP contribution is 2.04. The van der Waals surface area contributed by atoms with Gasteiger partial charge >= 0.3 is 0 Å². The molecule has 0 aliphatic carbocycles. The van der Waals surface area contributed by atoms with Gasteiger partial charge in [-0.15, -0.1) is 0 Å². The van der Waals surface area contributed by atoms with Crippen LogP contribution in [0.5, 0.6) is 0 Å². The summed E-state index contributed by atoms with van der Waals surface area (Å²) in [6.07, 6.45) is 6.16. The molecule has 1 rings (SSSR count). The molecule has 0 aromatic heterocycles. The Bertz CT molecular complexity index is 97.8. The van der Waals surface area contributed by atoms with Gasteiger partial charge in [0, 0.05) is 12.3 Å². The lowest BCUT2D eigenvalue weighted by molar-refractivity contribution is 0.634. The van der Waals surface area contributed by atoms with Crippen molar-refractivity contribution in [2.45, 2.75) is 32.1 Å². The molecule has 0 unspecified atom stereocenters. The van der Waals surface area contributed by atoms with Crippen molar-refractivity contribution < 1.29 is 0 Å². The summed E-state index contributed by atoms with van der Waals surface area (Å²) in [6, 6.07) is 0. The van der Waals surface area contributed by atoms with Gasteiger partial charge in [0.1, 0.15) is 0 Å². The lowest BCUT2D eigenvalue weighted by atomic mass is 10.1. The summed E-state index contributed by atoms with van der Waals surface area (Å²) in [5.41, 5.74) is 0.877. The first-order valence-electron chi connectivity index (χ1n) is 4.16. The van der Waals surface area contributed by atoms with E-state index in [-0.39, 0.29) is 0 Å². The Balaban J connectivity index is 2.21. The second-order valence-corrected chi connectivity index (χ2v) is 2.94. The Hall–Kier alpha value is -0.370. The van der Waals surface area contributed by atoms with E-state index in [9.17, 15) is 0 Å². The maximum atomic E-state index is 7.46. The van der Waals surface area contributed by atoms with Gasteiger partial charge in [0.2, 0.25) is 0 Å². The maximum absolute atomic E-state index is 7.46. The smallest absolute Gasteiger partial charge is 0.0332 e. The van der Waals surface area contributed by atoms with E-state index in [2.05, 4.69) is 5.32 Å². The van der Waals surface area contributed by atoms with Crippen LogP contribution in [-0.4, -0.2) is 18.8 Å². The van der Waals surface area contributed by atoms with E-state index in [4.69, 9.17) is 5.41 Å². The van der Waals surface area contributed by atoms with Crippen LogP contribution in [-0.2, 0) is 0 Å². The van der Waals surface area contributed by atoms with E-state index in [0.717, 1.165) is 25.2 Å². The lowest BCUT2D eigenvalue weighted by Crippen LogP contribution is -2.22. The van der Waals surface area contributed by atoms with Gasteiger partial charge in [0.25, 0.3) is 0 Å². The zero-order chi connectivity index (χ0) is 7.23. The first-order chi connectivity index (χ1) is 4.89. The molecular weight excluding hydrogens is 124 g/mol. The Morgan fingerprint density at radius 1 is 1.10 bits per heavy atom. The van der Waals surface area contributed by atoms with Crippen LogP contribution >= 0.6 is 0 Å². The van der Waals surface area contributed by atoms with Crippen molar-refractivity contribution in [2.24, 2.45) is 0 Å². The first kappa shape index (κ1) is 7.73. The molecule has 0 aromatic carbocycles. The van der Waals surface area contributed by atoms with Crippen LogP contribution in [0.15, 0.2) is 0 Å². The molecule has 0 radical (unpaired) electrons. The number of nitrogens with one attached hydrogen (secondary N) is 2. The predicted molar refractivity (Wildman–Crippen MR) is 43.7 cm³/mol. The first-order valence-corrected chi connectivity index (χ1v) is 4.16. The largest absolute Gasteiger partial charge is 0.311 e. The molecule has 0 atom stereocenters. The normalized spacial score (nSPS) is 23.0. The standard InChI is InChI=1S/C8H16N2/c9-8-5-3-1-2-4-6-10-7-8/h9-10H,1-7H2. The monoisotopic (exact) mass is 140 g/mol. The van der Waals surface area contributed by atoms with E-state index >= 15 is 0 Å². The quantitative estimate of drug-likeness (QED) is 0.526. The fourth-order valence-electron chi connectivity index (χ4n) is 1.27. The zero-order valence-electron chi connectivity index (χ0n) is 6.45. The minimum absolute atomic E-state index is 0.819. The summed E-state index contributed by atoms with van der Waals surface area (Å²) >= 11 is 0. The van der Waals surface area contributed by atoms with Gasteiger partial charge < -0.3 is 10.7 Å². The Labute approximate surface area is 62.5 Å². The molecular formula is C8H16N2. The SMILES string of the molecule is N=C1CCCCCCNC1. The van der Waals surface area contributed by atoms with E-state index in [1.165, 1.54) is 25.7 Å². The molecule has 1 heterocycles. The fourth-order valence-corrected chi connectivity index (χ4v) is 1.27. The summed E-state index contributed by atoms with van der Waals surface area (Å²) in [7, 11) is 0. The van der Waals surface area contributed by atoms with Crippen LogP contribution < -0.4 is 5.32 Å².